The van der Waals surface area contributed by atoms with Crippen molar-refractivity contribution < 1.29 is 33.6 Å². The van der Waals surface area contributed by atoms with Gasteiger partial charge in [0.15, 0.2) is 11.4 Å². The highest BCUT2D eigenvalue weighted by atomic mass is 32.1. The van der Waals surface area contributed by atoms with Crippen LogP contribution in [0.4, 0.5) is 0 Å². The third kappa shape index (κ3) is 5.68. The summed E-state index contributed by atoms with van der Waals surface area (Å²) in [6.45, 7) is 1.55. The summed E-state index contributed by atoms with van der Waals surface area (Å²) < 4.78 is 23.1. The fourth-order valence-electron chi connectivity index (χ4n) is 4.02. The number of carbonyl (C=O) groups is 2. The third-order valence-electron chi connectivity index (χ3n) is 5.74. The summed E-state index contributed by atoms with van der Waals surface area (Å²) in [5, 5.41) is 8.78. The molecule has 3 aromatic rings. The molecule has 0 aliphatic carbocycles. The van der Waals surface area contributed by atoms with E-state index in [2.05, 4.69) is 4.99 Å². The van der Waals surface area contributed by atoms with Gasteiger partial charge in [-0.05, 0) is 36.8 Å². The minimum absolute atomic E-state index is 0.0569. The second kappa shape index (κ2) is 11.9. The molecule has 2 aromatic carbocycles. The predicted molar refractivity (Wildman–Crippen MR) is 139 cm³/mol. The molecule has 10 nitrogen and oxygen atoms in total. The van der Waals surface area contributed by atoms with Crippen LogP contribution in [0.2, 0.25) is 0 Å². The van der Waals surface area contributed by atoms with Gasteiger partial charge < -0.3 is 24.1 Å². The quantitative estimate of drug-likeness (QED) is 0.307. The molecule has 1 aliphatic heterocycles. The van der Waals surface area contributed by atoms with Gasteiger partial charge in [-0.25, -0.2) is 14.6 Å². The SMILES string of the molecule is COCCOC(=O)C1=C(C)N=c2sc(=Cc3ccc(OCC(=O)O)cc3)c(=O)n2C1c1ccccc1OC. The topological polar surface area (TPSA) is 126 Å². The van der Waals surface area contributed by atoms with E-state index in [0.717, 1.165) is 0 Å². The summed E-state index contributed by atoms with van der Waals surface area (Å²) in [7, 11) is 3.04. The zero-order chi connectivity index (χ0) is 27.2. The van der Waals surface area contributed by atoms with Crippen LogP contribution in [0, 0.1) is 0 Å². The van der Waals surface area contributed by atoms with E-state index in [4.69, 9.17) is 24.1 Å². The van der Waals surface area contributed by atoms with E-state index in [9.17, 15) is 14.4 Å². The molecule has 198 valence electrons. The zero-order valence-corrected chi connectivity index (χ0v) is 21.8. The van der Waals surface area contributed by atoms with Crippen LogP contribution in [0.3, 0.4) is 0 Å². The number of carbonyl (C=O) groups excluding carboxylic acids is 1. The number of thiazole rings is 1. The van der Waals surface area contributed by atoms with Crippen molar-refractivity contribution in [2.45, 2.75) is 13.0 Å². The summed E-state index contributed by atoms with van der Waals surface area (Å²) in [5.74, 6) is -0.752. The molecule has 0 saturated carbocycles. The molecule has 11 heteroatoms. The molecular weight excluding hydrogens is 512 g/mol. The molecule has 1 aliphatic rings. The zero-order valence-electron chi connectivity index (χ0n) is 21.0. The summed E-state index contributed by atoms with van der Waals surface area (Å²) in [4.78, 5) is 42.7. The fourth-order valence-corrected chi connectivity index (χ4v) is 5.07. The maximum absolute atomic E-state index is 13.7. The highest BCUT2D eigenvalue weighted by molar-refractivity contribution is 7.07. The number of carboxylic acid groups (broad SMARTS) is 1. The van der Waals surface area contributed by atoms with Gasteiger partial charge in [0, 0.05) is 12.7 Å². The minimum Gasteiger partial charge on any atom is -0.496 e. The number of aliphatic carboxylic acids is 1. The van der Waals surface area contributed by atoms with Gasteiger partial charge in [0.2, 0.25) is 0 Å². The van der Waals surface area contributed by atoms with E-state index in [0.29, 0.717) is 37.7 Å². The van der Waals surface area contributed by atoms with Crippen LogP contribution in [0.15, 0.2) is 69.6 Å². The molecule has 0 saturated heterocycles. The number of para-hydroxylation sites is 1. The first-order valence-electron chi connectivity index (χ1n) is 11.6. The Balaban J connectivity index is 1.81. The van der Waals surface area contributed by atoms with E-state index in [1.165, 1.54) is 30.1 Å². The molecule has 0 radical (unpaired) electrons. The summed E-state index contributed by atoms with van der Waals surface area (Å²) in [5.41, 5.74) is 1.68. The Morgan fingerprint density at radius 2 is 1.84 bits per heavy atom. The van der Waals surface area contributed by atoms with Gasteiger partial charge in [0.25, 0.3) is 5.56 Å². The third-order valence-corrected chi connectivity index (χ3v) is 6.72. The largest absolute Gasteiger partial charge is 0.496 e. The molecular formula is C27H26N2O8S. The van der Waals surface area contributed by atoms with E-state index < -0.39 is 24.6 Å². The van der Waals surface area contributed by atoms with E-state index in [-0.39, 0.29) is 24.3 Å². The number of benzene rings is 2. The highest BCUT2D eigenvalue weighted by Gasteiger charge is 2.35. The lowest BCUT2D eigenvalue weighted by Crippen LogP contribution is -2.40. The van der Waals surface area contributed by atoms with Crippen molar-refractivity contribution in [2.75, 3.05) is 34.0 Å². The first kappa shape index (κ1) is 26.8. The lowest BCUT2D eigenvalue weighted by atomic mass is 9.95. The maximum atomic E-state index is 13.7. The first-order chi connectivity index (χ1) is 18.3. The molecule has 1 unspecified atom stereocenters. The molecule has 2 heterocycles. The summed E-state index contributed by atoms with van der Waals surface area (Å²) >= 11 is 1.20. The number of fused-ring (bicyclic) bond motifs is 1. The Kier molecular flexibility index (Phi) is 8.39. The number of methoxy groups -OCH3 is 2. The molecule has 0 bridgehead atoms. The van der Waals surface area contributed by atoms with E-state index in [1.54, 1.807) is 49.4 Å². The molecule has 0 fully saturated rings. The maximum Gasteiger partial charge on any atom is 0.341 e. The molecule has 1 aromatic heterocycles. The number of hydrogen-bond donors (Lipinski definition) is 1. The van der Waals surface area contributed by atoms with Crippen molar-refractivity contribution in [3.05, 3.63) is 90.6 Å². The number of ether oxygens (including phenoxy) is 4. The van der Waals surface area contributed by atoms with E-state index in [1.807, 2.05) is 12.1 Å². The number of esters is 1. The molecule has 0 amide bonds. The van der Waals surface area contributed by atoms with Crippen molar-refractivity contribution in [3.63, 3.8) is 0 Å². The second-order valence-electron chi connectivity index (χ2n) is 8.20. The van der Waals surface area contributed by atoms with Crippen LogP contribution in [0.1, 0.15) is 24.1 Å². The van der Waals surface area contributed by atoms with Gasteiger partial charge in [-0.1, -0.05) is 41.7 Å². The van der Waals surface area contributed by atoms with Crippen molar-refractivity contribution in [3.8, 4) is 11.5 Å². The molecule has 4 rings (SSSR count). The van der Waals surface area contributed by atoms with Crippen LogP contribution >= 0.6 is 11.3 Å². The average Bonchev–Trinajstić information content (AvgIpc) is 3.21. The smallest absolute Gasteiger partial charge is 0.341 e. The standard InChI is InChI=1S/C27H26N2O8S/c1-16-23(26(33)36-13-12-34-2)24(19-6-4-5-7-20(19)35-3)29-25(32)21(38-27(29)28-16)14-17-8-10-18(11-9-17)37-15-22(30)31/h4-11,14,24H,12-13,15H2,1-3H3,(H,30,31). The van der Waals surface area contributed by atoms with Gasteiger partial charge >= 0.3 is 11.9 Å². The average molecular weight is 539 g/mol. The molecule has 1 N–H and O–H groups in total. The Bertz CT molecular complexity index is 1550. The van der Waals surface area contributed by atoms with Gasteiger partial charge in [-0.15, -0.1) is 0 Å². The predicted octanol–water partition coefficient (Wildman–Crippen LogP) is 1.90. The second-order valence-corrected chi connectivity index (χ2v) is 9.21. The summed E-state index contributed by atoms with van der Waals surface area (Å²) in [6, 6.07) is 13.1. The fraction of sp³-hybridized carbons (Fsp3) is 0.259. The van der Waals surface area contributed by atoms with Crippen LogP contribution < -0.4 is 24.4 Å². The van der Waals surface area contributed by atoms with Gasteiger partial charge in [0.1, 0.15) is 24.1 Å². The lowest BCUT2D eigenvalue weighted by molar-refractivity contribution is -0.141. The molecule has 1 atom stereocenters. The van der Waals surface area contributed by atoms with Crippen LogP contribution in [-0.4, -0.2) is 55.7 Å². The monoisotopic (exact) mass is 538 g/mol. The molecule has 38 heavy (non-hydrogen) atoms. The highest BCUT2D eigenvalue weighted by Crippen LogP contribution is 2.35. The number of rotatable bonds is 10. The normalized spacial score (nSPS) is 15.0. The van der Waals surface area contributed by atoms with Crippen molar-refractivity contribution in [1.29, 1.82) is 0 Å². The van der Waals surface area contributed by atoms with Crippen molar-refractivity contribution >= 4 is 29.4 Å². The Morgan fingerprint density at radius 3 is 2.53 bits per heavy atom. The number of carboxylic acids is 1. The van der Waals surface area contributed by atoms with Gasteiger partial charge in [0.05, 0.1) is 29.5 Å². The Hall–Kier alpha value is -4.22. The number of hydrogen-bond acceptors (Lipinski definition) is 9. The van der Waals surface area contributed by atoms with Crippen molar-refractivity contribution in [1.82, 2.24) is 4.57 Å². The summed E-state index contributed by atoms with van der Waals surface area (Å²) in [6.07, 6.45) is 1.71. The van der Waals surface area contributed by atoms with Crippen LogP contribution in [0.5, 0.6) is 11.5 Å². The number of nitrogens with zero attached hydrogens (tertiary/aromatic N) is 2. The Morgan fingerprint density at radius 1 is 1.11 bits per heavy atom. The van der Waals surface area contributed by atoms with Crippen LogP contribution in [-0.2, 0) is 19.1 Å². The van der Waals surface area contributed by atoms with Gasteiger partial charge in [-0.2, -0.15) is 0 Å². The van der Waals surface area contributed by atoms with Crippen molar-refractivity contribution in [2.24, 2.45) is 4.99 Å². The molecule has 0 spiro atoms. The van der Waals surface area contributed by atoms with Crippen LogP contribution in [0.25, 0.3) is 6.08 Å². The van der Waals surface area contributed by atoms with Gasteiger partial charge in [-0.3, -0.25) is 9.36 Å². The first-order valence-corrected chi connectivity index (χ1v) is 12.4. The lowest BCUT2D eigenvalue weighted by Gasteiger charge is -2.26. The number of aromatic nitrogens is 1. The number of allylic oxidation sites excluding steroid dienone is 1. The van der Waals surface area contributed by atoms with E-state index >= 15 is 0 Å². The Labute approximate surface area is 221 Å². The minimum atomic E-state index is -1.07.